The molecule has 2 heterocycles. The maximum atomic E-state index is 13.8. The number of nitrogens with one attached hydrogen (secondary N) is 4. The Morgan fingerprint density at radius 1 is 1.14 bits per heavy atom. The summed E-state index contributed by atoms with van der Waals surface area (Å²) < 4.78 is 19.5. The molecule has 0 aromatic heterocycles. The monoisotopic (exact) mass is 395 g/mol. The van der Waals surface area contributed by atoms with E-state index in [1.54, 1.807) is 13.2 Å². The van der Waals surface area contributed by atoms with E-state index in [1.807, 2.05) is 6.07 Å². The fourth-order valence-electron chi connectivity index (χ4n) is 4.18. The molecule has 29 heavy (non-hydrogen) atoms. The first-order valence-electron chi connectivity index (χ1n) is 10.0. The summed E-state index contributed by atoms with van der Waals surface area (Å²) in [6.07, 6.45) is 3.00. The molecule has 2 atom stereocenters. The van der Waals surface area contributed by atoms with Gasteiger partial charge in [0.2, 0.25) is 0 Å². The lowest BCUT2D eigenvalue weighted by molar-refractivity contribution is 0.399. The molecule has 0 spiro atoms. The van der Waals surface area contributed by atoms with Crippen molar-refractivity contribution in [3.8, 4) is 11.8 Å². The van der Waals surface area contributed by atoms with Gasteiger partial charge in [0, 0.05) is 17.7 Å². The number of hydrazine groups is 1. The zero-order chi connectivity index (χ0) is 20.2. The van der Waals surface area contributed by atoms with Gasteiger partial charge in [-0.05, 0) is 61.7 Å². The van der Waals surface area contributed by atoms with Gasteiger partial charge >= 0.3 is 0 Å². The van der Waals surface area contributed by atoms with Crippen molar-refractivity contribution in [1.82, 2.24) is 16.2 Å². The first-order chi connectivity index (χ1) is 14.2. The third-order valence-corrected chi connectivity index (χ3v) is 5.78. The van der Waals surface area contributed by atoms with Crippen molar-refractivity contribution >= 4 is 5.69 Å². The van der Waals surface area contributed by atoms with Crippen LogP contribution >= 0.6 is 0 Å². The van der Waals surface area contributed by atoms with E-state index in [9.17, 15) is 4.39 Å². The maximum absolute atomic E-state index is 13.8. The number of nitriles is 1. The summed E-state index contributed by atoms with van der Waals surface area (Å²) in [5.41, 5.74) is 9.64. The zero-order valence-corrected chi connectivity index (χ0v) is 16.5. The van der Waals surface area contributed by atoms with Crippen molar-refractivity contribution in [3.63, 3.8) is 0 Å². The molecule has 2 aromatic rings. The van der Waals surface area contributed by atoms with E-state index in [0.29, 0.717) is 11.6 Å². The third kappa shape index (κ3) is 4.35. The second-order valence-electron chi connectivity index (χ2n) is 7.61. The normalized spacial score (nSPS) is 22.2. The second-order valence-corrected chi connectivity index (χ2v) is 7.61. The van der Waals surface area contributed by atoms with Crippen molar-refractivity contribution in [1.29, 1.82) is 5.26 Å². The van der Waals surface area contributed by atoms with Crippen LogP contribution in [0.2, 0.25) is 0 Å². The highest BCUT2D eigenvalue weighted by Crippen LogP contribution is 2.35. The molecule has 2 aliphatic heterocycles. The number of hydrogen-bond acceptors (Lipinski definition) is 6. The number of ether oxygens (including phenoxy) is 1. The SMILES string of the molecule is COc1cc(C2CCNCC2)ccc1C1CC(Nc2ccc(C#N)c(F)c2)NN1. The highest BCUT2D eigenvalue weighted by Gasteiger charge is 2.28. The highest BCUT2D eigenvalue weighted by atomic mass is 19.1. The topological polar surface area (TPSA) is 81.1 Å². The van der Waals surface area contributed by atoms with Gasteiger partial charge in [-0.3, -0.25) is 0 Å². The lowest BCUT2D eigenvalue weighted by Crippen LogP contribution is -2.35. The van der Waals surface area contributed by atoms with Gasteiger partial charge in [0.15, 0.2) is 0 Å². The van der Waals surface area contributed by atoms with Crippen LogP contribution in [0.15, 0.2) is 36.4 Å². The van der Waals surface area contributed by atoms with E-state index >= 15 is 0 Å². The van der Waals surface area contributed by atoms with Crippen LogP contribution < -0.4 is 26.2 Å². The van der Waals surface area contributed by atoms with Crippen molar-refractivity contribution in [3.05, 3.63) is 58.9 Å². The standard InChI is InChI=1S/C22H26FN5O/c1-29-21-10-15(14-6-8-25-9-7-14)3-5-18(21)20-12-22(28-27-20)26-17-4-2-16(13-24)19(23)11-17/h2-5,10-11,14,20,22,25-28H,6-9,12H2,1H3. The summed E-state index contributed by atoms with van der Waals surface area (Å²) in [7, 11) is 1.71. The Kier molecular flexibility index (Phi) is 5.95. The third-order valence-electron chi connectivity index (χ3n) is 5.78. The van der Waals surface area contributed by atoms with Crippen molar-refractivity contribution in [2.45, 2.75) is 37.4 Å². The van der Waals surface area contributed by atoms with E-state index in [4.69, 9.17) is 10.00 Å². The smallest absolute Gasteiger partial charge is 0.143 e. The van der Waals surface area contributed by atoms with E-state index in [-0.39, 0.29) is 17.8 Å². The number of rotatable bonds is 5. The minimum atomic E-state index is -0.518. The molecule has 0 bridgehead atoms. The van der Waals surface area contributed by atoms with E-state index in [1.165, 1.54) is 17.7 Å². The van der Waals surface area contributed by atoms with Crippen LogP contribution in [0.5, 0.6) is 5.75 Å². The molecule has 4 rings (SSSR count). The van der Waals surface area contributed by atoms with E-state index in [0.717, 1.165) is 43.7 Å². The molecule has 2 aliphatic rings. The summed E-state index contributed by atoms with van der Waals surface area (Å²) in [5, 5.41) is 15.5. The first-order valence-corrected chi connectivity index (χ1v) is 10.0. The van der Waals surface area contributed by atoms with E-state index in [2.05, 4.69) is 39.7 Å². The van der Waals surface area contributed by atoms with Gasteiger partial charge in [-0.2, -0.15) is 5.26 Å². The molecule has 0 aliphatic carbocycles. The van der Waals surface area contributed by atoms with Gasteiger partial charge in [-0.15, -0.1) is 0 Å². The van der Waals surface area contributed by atoms with Crippen LogP contribution in [0.3, 0.4) is 0 Å². The first kappa shape index (κ1) is 19.6. The average Bonchev–Trinajstić information content (AvgIpc) is 3.22. The van der Waals surface area contributed by atoms with Crippen LogP contribution in [0.25, 0.3) is 0 Å². The number of piperidine rings is 1. The molecular formula is C22H26FN5O. The molecule has 2 saturated heterocycles. The second kappa shape index (κ2) is 8.78. The number of methoxy groups -OCH3 is 1. The summed E-state index contributed by atoms with van der Waals surface area (Å²) in [5.74, 6) is 0.954. The molecule has 6 nitrogen and oxygen atoms in total. The minimum absolute atomic E-state index is 0.0458. The van der Waals surface area contributed by atoms with Gasteiger partial charge in [-0.25, -0.2) is 15.2 Å². The molecule has 2 fully saturated rings. The summed E-state index contributed by atoms with van der Waals surface area (Å²) >= 11 is 0. The molecule has 0 saturated carbocycles. The molecular weight excluding hydrogens is 369 g/mol. The largest absolute Gasteiger partial charge is 0.496 e. The lowest BCUT2D eigenvalue weighted by Gasteiger charge is -2.24. The zero-order valence-electron chi connectivity index (χ0n) is 16.5. The van der Waals surface area contributed by atoms with Crippen LogP contribution in [0, 0.1) is 17.1 Å². The molecule has 2 aromatic carbocycles. The molecule has 4 N–H and O–H groups in total. The average molecular weight is 395 g/mol. The van der Waals surface area contributed by atoms with Crippen LogP contribution in [0.1, 0.15) is 47.9 Å². The Hall–Kier alpha value is -2.66. The fourth-order valence-corrected chi connectivity index (χ4v) is 4.18. The molecule has 0 radical (unpaired) electrons. The fraction of sp³-hybridized carbons (Fsp3) is 0.409. The van der Waals surface area contributed by atoms with Crippen molar-refractivity contribution < 1.29 is 9.13 Å². The van der Waals surface area contributed by atoms with Crippen molar-refractivity contribution in [2.75, 3.05) is 25.5 Å². The van der Waals surface area contributed by atoms with Gasteiger partial charge < -0.3 is 15.4 Å². The Morgan fingerprint density at radius 2 is 1.97 bits per heavy atom. The predicted molar refractivity (Wildman–Crippen MR) is 110 cm³/mol. The van der Waals surface area contributed by atoms with Gasteiger partial charge in [0.25, 0.3) is 0 Å². The summed E-state index contributed by atoms with van der Waals surface area (Å²) in [4.78, 5) is 0. The van der Waals surface area contributed by atoms with Gasteiger partial charge in [-0.1, -0.05) is 12.1 Å². The quantitative estimate of drug-likeness (QED) is 0.623. The Bertz CT molecular complexity index is 907. The van der Waals surface area contributed by atoms with Crippen molar-refractivity contribution in [2.24, 2.45) is 0 Å². The predicted octanol–water partition coefficient (Wildman–Crippen LogP) is 3.15. The van der Waals surface area contributed by atoms with Crippen LogP contribution in [-0.4, -0.2) is 26.4 Å². The van der Waals surface area contributed by atoms with E-state index < -0.39 is 5.82 Å². The lowest BCUT2D eigenvalue weighted by atomic mass is 9.88. The molecule has 152 valence electrons. The Morgan fingerprint density at radius 3 is 2.69 bits per heavy atom. The molecule has 2 unspecified atom stereocenters. The number of halogens is 1. The number of nitrogens with zero attached hydrogens (tertiary/aromatic N) is 1. The van der Waals surface area contributed by atoms with Gasteiger partial charge in [0.05, 0.1) is 24.9 Å². The minimum Gasteiger partial charge on any atom is -0.496 e. The number of hydrogen-bond donors (Lipinski definition) is 4. The summed E-state index contributed by atoms with van der Waals surface area (Å²) in [6, 6.07) is 13.0. The Labute approximate surface area is 170 Å². The molecule has 7 heteroatoms. The summed E-state index contributed by atoms with van der Waals surface area (Å²) in [6.45, 7) is 2.12. The molecule has 0 amide bonds. The Balaban J connectivity index is 1.44. The number of anilines is 1. The number of benzene rings is 2. The highest BCUT2D eigenvalue weighted by molar-refractivity contribution is 5.49. The maximum Gasteiger partial charge on any atom is 0.143 e. The van der Waals surface area contributed by atoms with Crippen LogP contribution in [-0.2, 0) is 0 Å². The van der Waals surface area contributed by atoms with Crippen LogP contribution in [0.4, 0.5) is 10.1 Å². The van der Waals surface area contributed by atoms with Gasteiger partial charge in [0.1, 0.15) is 17.6 Å².